The van der Waals surface area contributed by atoms with Crippen molar-refractivity contribution in [2.75, 3.05) is 13.1 Å². The summed E-state index contributed by atoms with van der Waals surface area (Å²) in [5.41, 5.74) is 25.7. The Kier molecular flexibility index (Phi) is 58.1. The molecule has 2 rings (SSSR count). The van der Waals surface area contributed by atoms with Gasteiger partial charge in [0, 0.05) is 49.6 Å². The van der Waals surface area contributed by atoms with E-state index in [9.17, 15) is 0 Å². The molecule has 1 aliphatic heterocycles. The molecule has 0 atom stereocenters. The first-order valence-electron chi connectivity index (χ1n) is 25.2. The minimum Gasteiger partial charge on any atom is -0.513 e. The van der Waals surface area contributed by atoms with Gasteiger partial charge in [-0.1, -0.05) is 187 Å². The number of aliphatic hydroxyl groups excluding tert-OH is 2. The van der Waals surface area contributed by atoms with Gasteiger partial charge in [-0.2, -0.15) is 0 Å². The molecule has 1 aliphatic rings. The van der Waals surface area contributed by atoms with Crippen molar-refractivity contribution in [2.24, 2.45) is 75.3 Å². The zero-order valence-electron chi connectivity index (χ0n) is 46.5. The van der Waals surface area contributed by atoms with E-state index in [4.69, 9.17) is 33.1 Å². The first kappa shape index (κ1) is 73.7. The molecule has 8 heteroatoms. The summed E-state index contributed by atoms with van der Waals surface area (Å²) in [7, 11) is 0. The van der Waals surface area contributed by atoms with Gasteiger partial charge in [-0.3, -0.25) is 4.99 Å². The van der Waals surface area contributed by atoms with E-state index in [2.05, 4.69) is 170 Å². The van der Waals surface area contributed by atoms with E-state index < -0.39 is 0 Å². The molecule has 0 aromatic heterocycles. The lowest BCUT2D eigenvalue weighted by Gasteiger charge is -2.05. The van der Waals surface area contributed by atoms with Gasteiger partial charge in [-0.15, -0.1) is 0 Å². The summed E-state index contributed by atoms with van der Waals surface area (Å²) in [5.74, 6) is 6.83. The maximum Gasteiger partial charge on any atom is 0.0885 e. The molecule has 388 valence electrons. The predicted molar refractivity (Wildman–Crippen MR) is 301 cm³/mol. The second-order valence-electron chi connectivity index (χ2n) is 20.7. The van der Waals surface area contributed by atoms with Gasteiger partial charge in [-0.05, 0) is 116 Å². The highest BCUT2D eigenvalue weighted by Gasteiger charge is 2.03. The van der Waals surface area contributed by atoms with Gasteiger partial charge in [0.25, 0.3) is 0 Å². The number of nitrogens with two attached hydrogens (primary N) is 4. The van der Waals surface area contributed by atoms with Crippen LogP contribution >= 0.6 is 0 Å². The predicted octanol–water partition coefficient (Wildman–Crippen LogP) is 16.1. The van der Waals surface area contributed by atoms with Crippen LogP contribution in [0.25, 0.3) is 0 Å². The topological polar surface area (TPSA) is 169 Å². The fourth-order valence-corrected chi connectivity index (χ4v) is 5.21. The molecule has 0 aliphatic carbocycles. The fourth-order valence-electron chi connectivity index (χ4n) is 5.21. The van der Waals surface area contributed by atoms with E-state index in [-0.39, 0.29) is 5.76 Å². The summed E-state index contributed by atoms with van der Waals surface area (Å²) in [4.78, 5) is 4.00. The molecule has 1 heterocycles. The zero-order valence-corrected chi connectivity index (χ0v) is 46.5. The number of unbranched alkanes of at least 4 members (excludes halogenated alkanes) is 1. The Morgan fingerprint density at radius 2 is 1.05 bits per heavy atom. The van der Waals surface area contributed by atoms with Gasteiger partial charge < -0.3 is 38.5 Å². The van der Waals surface area contributed by atoms with Crippen molar-refractivity contribution in [1.29, 1.82) is 0 Å². The Hall–Kier alpha value is -3.91. The van der Waals surface area contributed by atoms with Gasteiger partial charge >= 0.3 is 0 Å². The van der Waals surface area contributed by atoms with E-state index in [1.807, 2.05) is 26.3 Å². The van der Waals surface area contributed by atoms with Crippen LogP contribution in [0.3, 0.4) is 0 Å². The summed E-state index contributed by atoms with van der Waals surface area (Å²) >= 11 is 0. The van der Waals surface area contributed by atoms with Crippen LogP contribution in [-0.4, -0.2) is 29.5 Å². The van der Waals surface area contributed by atoms with Crippen molar-refractivity contribution in [3.63, 3.8) is 0 Å². The average molecular weight is 928 g/mol. The molecule has 8 nitrogen and oxygen atoms in total. The van der Waals surface area contributed by atoms with E-state index in [0.717, 1.165) is 93.1 Å². The molecule has 0 radical (unpaired) electrons. The number of benzene rings is 1. The lowest BCUT2D eigenvalue weighted by molar-refractivity contribution is 0.368. The number of rotatable bonds is 22. The van der Waals surface area contributed by atoms with Crippen LogP contribution in [0.1, 0.15) is 193 Å². The van der Waals surface area contributed by atoms with Crippen LogP contribution in [0.2, 0.25) is 0 Å². The maximum atomic E-state index is 8.61. The number of allylic oxidation sites excluding steroid dienone is 5. The second-order valence-corrected chi connectivity index (χ2v) is 20.7. The lowest BCUT2D eigenvalue weighted by atomic mass is 10.0. The summed E-state index contributed by atoms with van der Waals surface area (Å²) in [6, 6.07) is 10.6. The summed E-state index contributed by atoms with van der Waals surface area (Å²) in [6.45, 7) is 54.0. The number of nitrogens with zero attached hydrogens (tertiary/aromatic N) is 1. The summed E-state index contributed by atoms with van der Waals surface area (Å²) < 4.78 is 0. The molecule has 0 saturated carbocycles. The standard InChI is InChI=1S/C10H14.C8H18N2.C7H11N.C7H15N.C7H17N.C7H14O.C6H13N.C6H12O/c1-9(2)8-10-6-4-3-5-7-10;1-7(2)5-4-6-10-8(3)9;1-6(2)7-3-4-8-5-7;1-6(2)4-5-7(3)8;1-7(2)5-3-4-6-8;1-6(2)4-5-7(3)8;2*1-5(2)4-6(3)7/h3-7,9H,8H2,1-2H3;7,10H,3-6,9H2,1-2H3;4-6H,3H2,1-2H3;6H,3-5,8H2,1-2H3;7H,3-6,8H2,1-2H3;6,8H,3-5H2,1-2H3;5H,3-4,7H2,1-2H3;5,7H,3-4H2,1-2H3. The second kappa shape index (κ2) is 52.1. The molecular weight excluding hydrogens is 813 g/mol. The lowest BCUT2D eigenvalue weighted by Crippen LogP contribution is -2.19. The smallest absolute Gasteiger partial charge is 0.0885 e. The van der Waals surface area contributed by atoms with Crippen molar-refractivity contribution in [3.05, 3.63) is 109 Å². The minimum atomic E-state index is 0.287. The van der Waals surface area contributed by atoms with E-state index in [0.29, 0.717) is 35.3 Å². The largest absolute Gasteiger partial charge is 0.513 e. The number of hydrogen-bond donors (Lipinski definition) is 7. The number of aliphatic imine (C=N–C) groups is 1. The Morgan fingerprint density at radius 3 is 1.29 bits per heavy atom. The molecule has 1 aromatic rings. The molecule has 0 saturated heterocycles. The molecule has 11 N–H and O–H groups in total. The number of hydrogen-bond acceptors (Lipinski definition) is 8. The third kappa shape index (κ3) is 87.1. The van der Waals surface area contributed by atoms with Crippen molar-refractivity contribution < 1.29 is 10.2 Å². The maximum absolute atomic E-state index is 8.61. The third-order valence-electron chi connectivity index (χ3n) is 8.81. The molecule has 0 unspecified atom stereocenters. The molecule has 66 heavy (non-hydrogen) atoms. The normalized spacial score (nSPS) is 10.9. The minimum absolute atomic E-state index is 0.287. The molecule has 1 aromatic carbocycles. The Balaban J connectivity index is -0.000000156. The first-order chi connectivity index (χ1) is 30.5. The molecular formula is C58H114N6O2. The van der Waals surface area contributed by atoms with E-state index in [1.165, 1.54) is 49.7 Å². The van der Waals surface area contributed by atoms with Crippen molar-refractivity contribution >= 4 is 6.21 Å². The molecule has 0 bridgehead atoms. The van der Waals surface area contributed by atoms with Gasteiger partial charge in [0.15, 0.2) is 0 Å². The average Bonchev–Trinajstić information content (AvgIpc) is 3.72. The van der Waals surface area contributed by atoms with Crippen LogP contribution in [0.15, 0.2) is 109 Å². The van der Waals surface area contributed by atoms with Crippen molar-refractivity contribution in [3.8, 4) is 0 Å². The number of nitrogens with one attached hydrogen (secondary N) is 1. The Bertz CT molecular complexity index is 1280. The fraction of sp³-hybridized carbons (Fsp3) is 0.672. The first-order valence-corrected chi connectivity index (χ1v) is 25.2. The van der Waals surface area contributed by atoms with E-state index >= 15 is 0 Å². The number of aliphatic hydroxyl groups is 2. The molecule has 0 amide bonds. The van der Waals surface area contributed by atoms with Crippen LogP contribution in [0.5, 0.6) is 0 Å². The van der Waals surface area contributed by atoms with Crippen molar-refractivity contribution in [1.82, 2.24) is 5.32 Å². The van der Waals surface area contributed by atoms with Gasteiger partial charge in [-0.25, -0.2) is 0 Å². The van der Waals surface area contributed by atoms with Crippen LogP contribution in [-0.2, 0) is 6.42 Å². The highest BCUT2D eigenvalue weighted by Crippen LogP contribution is 2.16. The van der Waals surface area contributed by atoms with Crippen molar-refractivity contribution in [2.45, 2.75) is 194 Å². The highest BCUT2D eigenvalue weighted by molar-refractivity contribution is 5.65. The Morgan fingerprint density at radius 1 is 0.576 bits per heavy atom. The third-order valence-corrected chi connectivity index (χ3v) is 8.81. The Labute approximate surface area is 412 Å². The van der Waals surface area contributed by atoms with Crippen LogP contribution in [0.4, 0.5) is 0 Å². The highest BCUT2D eigenvalue weighted by atomic mass is 16.3. The van der Waals surface area contributed by atoms with Gasteiger partial charge in [0.2, 0.25) is 0 Å². The van der Waals surface area contributed by atoms with Crippen LogP contribution < -0.4 is 28.3 Å². The summed E-state index contributed by atoms with van der Waals surface area (Å²) in [6.07, 6.45) is 18.0. The van der Waals surface area contributed by atoms with E-state index in [1.54, 1.807) is 0 Å². The SMILES string of the molecule is C=C(N)CC(C)C.C=C(N)CCC(C)C.C=C(N)NCCCC(C)C.C=C(O)CC(C)C.C=C(O)CCC(C)C.CC(C)C1=CN=CC1.CC(C)CCCCN.CC(C)Cc1ccccc1. The quantitative estimate of drug-likeness (QED) is 0.0448. The van der Waals surface area contributed by atoms with Crippen LogP contribution in [0, 0.1) is 47.3 Å². The van der Waals surface area contributed by atoms with Gasteiger partial charge in [0.05, 0.1) is 17.3 Å². The monoisotopic (exact) mass is 927 g/mol. The molecule has 0 fully saturated rings. The zero-order chi connectivity index (χ0) is 52.6. The van der Waals surface area contributed by atoms with Gasteiger partial charge in [0.1, 0.15) is 0 Å². The molecule has 0 spiro atoms. The summed E-state index contributed by atoms with van der Waals surface area (Å²) in [5, 5.41) is 20.1.